The lowest BCUT2D eigenvalue weighted by atomic mass is 10.0. The first kappa shape index (κ1) is 11.7. The van der Waals surface area contributed by atoms with Gasteiger partial charge in [-0.1, -0.05) is 0 Å². The molecule has 0 spiro atoms. The van der Waals surface area contributed by atoms with Gasteiger partial charge in [-0.15, -0.1) is 11.3 Å². The van der Waals surface area contributed by atoms with Crippen LogP contribution in [0.3, 0.4) is 0 Å². The number of benzene rings is 1. The van der Waals surface area contributed by atoms with E-state index in [1.807, 2.05) is 5.51 Å². The minimum Gasteiger partial charge on any atom is -0.493 e. The highest BCUT2D eigenvalue weighted by Crippen LogP contribution is 2.33. The fourth-order valence-electron chi connectivity index (χ4n) is 2.17. The lowest BCUT2D eigenvalue weighted by Gasteiger charge is -2.13. The van der Waals surface area contributed by atoms with Crippen molar-refractivity contribution < 1.29 is 4.74 Å². The summed E-state index contributed by atoms with van der Waals surface area (Å²) in [5.74, 6) is 1.85. The number of rotatable bonds is 4. The molecule has 1 aliphatic rings. The summed E-state index contributed by atoms with van der Waals surface area (Å²) in [7, 11) is 0. The van der Waals surface area contributed by atoms with Gasteiger partial charge in [0.1, 0.15) is 5.75 Å². The van der Waals surface area contributed by atoms with Crippen LogP contribution in [0.5, 0.6) is 5.75 Å². The van der Waals surface area contributed by atoms with Gasteiger partial charge in [0.15, 0.2) is 0 Å². The van der Waals surface area contributed by atoms with Crippen molar-refractivity contribution in [2.24, 2.45) is 5.92 Å². The molecule has 1 aliphatic carbocycles. The molecule has 1 aromatic carbocycles. The number of aryl methyl sites for hydroxylation is 2. The zero-order chi connectivity index (χ0) is 12.5. The van der Waals surface area contributed by atoms with E-state index in [0.717, 1.165) is 24.0 Å². The highest BCUT2D eigenvalue weighted by atomic mass is 32.1. The maximum Gasteiger partial charge on any atom is 0.125 e. The topological polar surface area (TPSA) is 22.1 Å². The highest BCUT2D eigenvalue weighted by molar-refractivity contribution is 7.07. The van der Waals surface area contributed by atoms with Gasteiger partial charge in [-0.25, -0.2) is 4.98 Å². The smallest absolute Gasteiger partial charge is 0.125 e. The number of ether oxygens (including phenoxy) is 1. The molecule has 3 rings (SSSR count). The summed E-state index contributed by atoms with van der Waals surface area (Å²) in [6.07, 6.45) is 2.66. The van der Waals surface area contributed by atoms with E-state index in [1.54, 1.807) is 11.3 Å². The molecule has 0 unspecified atom stereocenters. The minimum absolute atomic E-state index is 0.794. The molecule has 0 N–H and O–H groups in total. The van der Waals surface area contributed by atoms with E-state index >= 15 is 0 Å². The molecule has 2 nitrogen and oxygen atoms in total. The SMILES string of the molecule is Cc1cc(-c2cscn2)cc(C)c1OCC1CC1. The van der Waals surface area contributed by atoms with Crippen LogP contribution in [0.15, 0.2) is 23.0 Å². The largest absolute Gasteiger partial charge is 0.493 e. The summed E-state index contributed by atoms with van der Waals surface area (Å²) in [5.41, 5.74) is 6.53. The molecule has 0 bridgehead atoms. The van der Waals surface area contributed by atoms with Gasteiger partial charge in [0, 0.05) is 10.9 Å². The van der Waals surface area contributed by atoms with E-state index < -0.39 is 0 Å². The van der Waals surface area contributed by atoms with Crippen LogP contribution in [0, 0.1) is 19.8 Å². The second-order valence-corrected chi connectivity index (χ2v) is 5.79. The zero-order valence-corrected chi connectivity index (χ0v) is 11.6. The molecule has 0 saturated heterocycles. The molecule has 0 amide bonds. The molecule has 2 aromatic rings. The summed E-state index contributed by atoms with van der Waals surface area (Å²) in [5, 5.41) is 2.08. The first-order valence-corrected chi connectivity index (χ1v) is 7.31. The molecule has 0 radical (unpaired) electrons. The fourth-order valence-corrected chi connectivity index (χ4v) is 2.73. The van der Waals surface area contributed by atoms with Gasteiger partial charge in [0.05, 0.1) is 17.8 Å². The summed E-state index contributed by atoms with van der Waals surface area (Å²) >= 11 is 1.63. The van der Waals surface area contributed by atoms with Crippen molar-refractivity contribution in [1.82, 2.24) is 4.98 Å². The average molecular weight is 259 g/mol. The second-order valence-electron chi connectivity index (χ2n) is 5.07. The Morgan fingerprint density at radius 1 is 1.28 bits per heavy atom. The number of aromatic nitrogens is 1. The van der Waals surface area contributed by atoms with Gasteiger partial charge in [-0.3, -0.25) is 0 Å². The molecule has 3 heteroatoms. The average Bonchev–Trinajstić information content (AvgIpc) is 3.00. The van der Waals surface area contributed by atoms with Gasteiger partial charge in [0.25, 0.3) is 0 Å². The van der Waals surface area contributed by atoms with Crippen LogP contribution in [0.1, 0.15) is 24.0 Å². The van der Waals surface area contributed by atoms with Crippen molar-refractivity contribution in [3.05, 3.63) is 34.2 Å². The molecular weight excluding hydrogens is 242 g/mol. The Morgan fingerprint density at radius 3 is 2.56 bits per heavy atom. The quantitative estimate of drug-likeness (QED) is 0.820. The zero-order valence-electron chi connectivity index (χ0n) is 10.8. The predicted octanol–water partition coefficient (Wildman–Crippen LogP) is 4.22. The van der Waals surface area contributed by atoms with Crippen molar-refractivity contribution in [2.75, 3.05) is 6.61 Å². The van der Waals surface area contributed by atoms with Crippen LogP contribution in [0.2, 0.25) is 0 Å². The third kappa shape index (κ3) is 2.41. The molecule has 18 heavy (non-hydrogen) atoms. The molecule has 1 saturated carbocycles. The van der Waals surface area contributed by atoms with Crippen LogP contribution in [0.4, 0.5) is 0 Å². The van der Waals surface area contributed by atoms with Gasteiger partial charge >= 0.3 is 0 Å². The minimum atomic E-state index is 0.794. The van der Waals surface area contributed by atoms with E-state index in [9.17, 15) is 0 Å². The van der Waals surface area contributed by atoms with Crippen LogP contribution < -0.4 is 4.74 Å². The van der Waals surface area contributed by atoms with E-state index in [0.29, 0.717) is 0 Å². The Kier molecular flexibility index (Phi) is 3.08. The fraction of sp³-hybridized carbons (Fsp3) is 0.400. The molecule has 0 atom stereocenters. The maximum absolute atomic E-state index is 5.95. The van der Waals surface area contributed by atoms with Crippen LogP contribution in [-0.2, 0) is 0 Å². The third-order valence-corrected chi connectivity index (χ3v) is 3.94. The molecule has 1 aromatic heterocycles. The maximum atomic E-state index is 5.95. The summed E-state index contributed by atoms with van der Waals surface area (Å²) in [6, 6.07) is 4.34. The Morgan fingerprint density at radius 2 is 2.00 bits per heavy atom. The predicted molar refractivity (Wildman–Crippen MR) is 75.2 cm³/mol. The van der Waals surface area contributed by atoms with Gasteiger partial charge < -0.3 is 4.74 Å². The van der Waals surface area contributed by atoms with E-state index in [-0.39, 0.29) is 0 Å². The number of hydrogen-bond acceptors (Lipinski definition) is 3. The first-order valence-electron chi connectivity index (χ1n) is 6.36. The van der Waals surface area contributed by atoms with Gasteiger partial charge in [-0.2, -0.15) is 0 Å². The molecule has 1 fully saturated rings. The van der Waals surface area contributed by atoms with Crippen LogP contribution in [0.25, 0.3) is 11.3 Å². The number of nitrogens with zero attached hydrogens (tertiary/aromatic N) is 1. The van der Waals surface area contributed by atoms with E-state index in [1.165, 1.54) is 29.5 Å². The highest BCUT2D eigenvalue weighted by Gasteiger charge is 2.22. The normalized spacial score (nSPS) is 14.8. The van der Waals surface area contributed by atoms with E-state index in [2.05, 4.69) is 36.3 Å². The van der Waals surface area contributed by atoms with Crippen molar-refractivity contribution in [2.45, 2.75) is 26.7 Å². The summed E-state index contributed by atoms with van der Waals surface area (Å²) in [6.45, 7) is 5.11. The second kappa shape index (κ2) is 4.73. The first-order chi connectivity index (χ1) is 8.74. The summed E-state index contributed by atoms with van der Waals surface area (Å²) < 4.78 is 5.95. The monoisotopic (exact) mass is 259 g/mol. The molecule has 1 heterocycles. The van der Waals surface area contributed by atoms with Gasteiger partial charge in [0.2, 0.25) is 0 Å². The lowest BCUT2D eigenvalue weighted by molar-refractivity contribution is 0.296. The molecular formula is C15H17NOS. The van der Waals surface area contributed by atoms with Crippen molar-refractivity contribution >= 4 is 11.3 Å². The summed E-state index contributed by atoms with van der Waals surface area (Å²) in [4.78, 5) is 4.36. The van der Waals surface area contributed by atoms with Gasteiger partial charge in [-0.05, 0) is 55.9 Å². The Bertz CT molecular complexity index is 521. The van der Waals surface area contributed by atoms with Crippen molar-refractivity contribution in [1.29, 1.82) is 0 Å². The Labute approximate surface area is 112 Å². The van der Waals surface area contributed by atoms with Crippen molar-refractivity contribution in [3.8, 4) is 17.0 Å². The van der Waals surface area contributed by atoms with Crippen LogP contribution >= 0.6 is 11.3 Å². The molecule has 0 aliphatic heterocycles. The lowest BCUT2D eigenvalue weighted by Crippen LogP contribution is -2.02. The van der Waals surface area contributed by atoms with Crippen LogP contribution in [-0.4, -0.2) is 11.6 Å². The number of hydrogen-bond donors (Lipinski definition) is 0. The standard InChI is InChI=1S/C15H17NOS/c1-10-5-13(14-8-18-9-16-14)6-11(2)15(10)17-7-12-3-4-12/h5-6,8-9,12H,3-4,7H2,1-2H3. The van der Waals surface area contributed by atoms with Crippen molar-refractivity contribution in [3.63, 3.8) is 0 Å². The Balaban J connectivity index is 1.87. The number of thiazole rings is 1. The van der Waals surface area contributed by atoms with E-state index in [4.69, 9.17) is 4.74 Å². The Hall–Kier alpha value is -1.35. The third-order valence-electron chi connectivity index (χ3n) is 3.35. The molecule has 94 valence electrons.